The maximum Gasteiger partial charge on any atom is 0.229 e. The predicted octanol–water partition coefficient (Wildman–Crippen LogP) is 1.26. The zero-order valence-corrected chi connectivity index (χ0v) is 6.53. The van der Waals surface area contributed by atoms with E-state index >= 15 is 0 Å². The van der Waals surface area contributed by atoms with Crippen LogP contribution in [-0.2, 0) is 6.42 Å². The van der Waals surface area contributed by atoms with E-state index < -0.39 is 0 Å². The van der Waals surface area contributed by atoms with Crippen LogP contribution in [0.4, 0.5) is 0 Å². The molecule has 4 heteroatoms. The molecule has 1 aromatic rings. The van der Waals surface area contributed by atoms with Crippen LogP contribution >= 0.6 is 0 Å². The molecule has 58 valence electrons. The van der Waals surface area contributed by atoms with Gasteiger partial charge in [-0.1, -0.05) is 19.0 Å². The summed E-state index contributed by atoms with van der Waals surface area (Å²) in [6.07, 6.45) is 0.218. The first kappa shape index (κ1) is 7.73. The first-order valence-corrected chi connectivity index (χ1v) is 3.43. The minimum absolute atomic E-state index is 0.218. The monoisotopic (exact) mass is 151 g/mol. The first-order valence-electron chi connectivity index (χ1n) is 3.43. The molecule has 0 unspecified atom stereocenters. The molecule has 0 saturated carbocycles. The normalized spacial score (nSPS) is 10.0. The smallest absolute Gasteiger partial charge is 0.229 e. The van der Waals surface area contributed by atoms with Crippen molar-refractivity contribution in [3.63, 3.8) is 0 Å². The van der Waals surface area contributed by atoms with E-state index in [1.165, 1.54) is 0 Å². The number of rotatable bonds is 2. The van der Waals surface area contributed by atoms with Gasteiger partial charge < -0.3 is 4.52 Å². The van der Waals surface area contributed by atoms with E-state index in [1.54, 1.807) is 0 Å². The minimum Gasteiger partial charge on any atom is -0.339 e. The molecule has 1 aromatic heterocycles. The van der Waals surface area contributed by atoms with Crippen molar-refractivity contribution in [1.82, 2.24) is 10.1 Å². The van der Waals surface area contributed by atoms with E-state index in [0.29, 0.717) is 11.7 Å². The highest BCUT2D eigenvalue weighted by Gasteiger charge is 2.08. The molecule has 0 bridgehead atoms. The summed E-state index contributed by atoms with van der Waals surface area (Å²) >= 11 is 0. The molecule has 0 amide bonds. The molecule has 11 heavy (non-hydrogen) atoms. The predicted molar refractivity (Wildman–Crippen MR) is 37.7 cm³/mol. The molecule has 0 fully saturated rings. The average molecular weight is 151 g/mol. The summed E-state index contributed by atoms with van der Waals surface area (Å²) in [6.45, 7) is 3.92. The van der Waals surface area contributed by atoms with Crippen molar-refractivity contribution < 1.29 is 4.52 Å². The molecular weight excluding hydrogens is 142 g/mol. The van der Waals surface area contributed by atoms with Gasteiger partial charge in [-0.3, -0.25) is 0 Å². The van der Waals surface area contributed by atoms with Crippen LogP contribution in [0, 0.1) is 11.3 Å². The van der Waals surface area contributed by atoms with Gasteiger partial charge >= 0.3 is 0 Å². The number of nitriles is 1. The molecule has 1 rings (SSSR count). The van der Waals surface area contributed by atoms with Gasteiger partial charge in [0, 0.05) is 5.92 Å². The van der Waals surface area contributed by atoms with Gasteiger partial charge in [-0.15, -0.1) is 0 Å². The Kier molecular flexibility index (Phi) is 2.21. The maximum absolute atomic E-state index is 8.30. The van der Waals surface area contributed by atoms with Crippen molar-refractivity contribution in [1.29, 1.82) is 5.26 Å². The number of hydrogen-bond acceptors (Lipinski definition) is 4. The summed E-state index contributed by atoms with van der Waals surface area (Å²) in [7, 11) is 0. The van der Waals surface area contributed by atoms with Crippen LogP contribution in [-0.4, -0.2) is 10.1 Å². The molecule has 0 aromatic carbocycles. The van der Waals surface area contributed by atoms with Crippen molar-refractivity contribution in [2.45, 2.75) is 26.2 Å². The largest absolute Gasteiger partial charge is 0.339 e. The van der Waals surface area contributed by atoms with E-state index in [2.05, 4.69) is 10.1 Å². The fourth-order valence-electron chi connectivity index (χ4n) is 0.644. The molecule has 4 nitrogen and oxygen atoms in total. The Labute approximate surface area is 64.8 Å². The SMILES string of the molecule is CC(C)c1nc(CC#N)no1. The number of aromatic nitrogens is 2. The molecule has 0 aliphatic carbocycles. The fraction of sp³-hybridized carbons (Fsp3) is 0.571. The number of nitrogens with zero attached hydrogens (tertiary/aromatic N) is 3. The molecule has 0 saturated heterocycles. The summed E-state index contributed by atoms with van der Waals surface area (Å²) in [6, 6.07) is 1.95. The Morgan fingerprint density at radius 3 is 2.82 bits per heavy atom. The minimum atomic E-state index is 0.218. The maximum atomic E-state index is 8.30. The Morgan fingerprint density at radius 2 is 2.36 bits per heavy atom. The van der Waals surface area contributed by atoms with Gasteiger partial charge in [-0.2, -0.15) is 10.2 Å². The second-order valence-corrected chi connectivity index (χ2v) is 2.54. The Bertz CT molecular complexity index is 271. The molecule has 0 spiro atoms. The van der Waals surface area contributed by atoms with E-state index in [4.69, 9.17) is 9.78 Å². The van der Waals surface area contributed by atoms with Crippen LogP contribution in [0.15, 0.2) is 4.52 Å². The van der Waals surface area contributed by atoms with Gasteiger partial charge in [0.15, 0.2) is 5.82 Å². The molecule has 1 heterocycles. The summed E-state index contributed by atoms with van der Waals surface area (Å²) < 4.78 is 4.87. The lowest BCUT2D eigenvalue weighted by Crippen LogP contribution is -1.88. The third-order valence-corrected chi connectivity index (χ3v) is 1.21. The topological polar surface area (TPSA) is 62.7 Å². The van der Waals surface area contributed by atoms with Gasteiger partial charge in [0.05, 0.1) is 12.5 Å². The van der Waals surface area contributed by atoms with Crippen LogP contribution < -0.4 is 0 Å². The van der Waals surface area contributed by atoms with E-state index in [0.717, 1.165) is 0 Å². The molecule has 0 N–H and O–H groups in total. The van der Waals surface area contributed by atoms with E-state index in [1.807, 2.05) is 19.9 Å². The van der Waals surface area contributed by atoms with Crippen LogP contribution in [0.5, 0.6) is 0 Å². The van der Waals surface area contributed by atoms with Crippen molar-refractivity contribution >= 4 is 0 Å². The molecule has 0 radical (unpaired) electrons. The van der Waals surface area contributed by atoms with Crippen molar-refractivity contribution in [2.24, 2.45) is 0 Å². The van der Waals surface area contributed by atoms with Crippen molar-refractivity contribution in [3.05, 3.63) is 11.7 Å². The average Bonchev–Trinajstić information content (AvgIpc) is 2.37. The molecule has 0 atom stereocenters. The molecule has 0 aliphatic rings. The summed E-state index contributed by atoms with van der Waals surface area (Å²) in [5.74, 6) is 1.29. The number of hydrogen-bond donors (Lipinski definition) is 0. The highest BCUT2D eigenvalue weighted by atomic mass is 16.5. The third kappa shape index (κ3) is 1.77. The zero-order chi connectivity index (χ0) is 8.27. The fourth-order valence-corrected chi connectivity index (χ4v) is 0.644. The van der Waals surface area contributed by atoms with Crippen LogP contribution in [0.2, 0.25) is 0 Å². The second-order valence-electron chi connectivity index (χ2n) is 2.54. The van der Waals surface area contributed by atoms with Gasteiger partial charge in [0.25, 0.3) is 0 Å². The quantitative estimate of drug-likeness (QED) is 0.638. The lowest BCUT2D eigenvalue weighted by Gasteiger charge is -1.91. The third-order valence-electron chi connectivity index (χ3n) is 1.21. The van der Waals surface area contributed by atoms with Crippen LogP contribution in [0.3, 0.4) is 0 Å². The van der Waals surface area contributed by atoms with Gasteiger partial charge in [-0.25, -0.2) is 0 Å². The van der Waals surface area contributed by atoms with Gasteiger partial charge in [0.1, 0.15) is 0 Å². The van der Waals surface area contributed by atoms with Crippen LogP contribution in [0.25, 0.3) is 0 Å². The summed E-state index contributed by atoms with van der Waals surface area (Å²) in [4.78, 5) is 4.00. The molecular formula is C7H9N3O. The Hall–Kier alpha value is -1.37. The van der Waals surface area contributed by atoms with Gasteiger partial charge in [-0.05, 0) is 0 Å². The van der Waals surface area contributed by atoms with Crippen molar-refractivity contribution in [2.75, 3.05) is 0 Å². The molecule has 0 aliphatic heterocycles. The van der Waals surface area contributed by atoms with E-state index in [9.17, 15) is 0 Å². The first-order chi connectivity index (χ1) is 5.24. The zero-order valence-electron chi connectivity index (χ0n) is 6.53. The second kappa shape index (κ2) is 3.15. The van der Waals surface area contributed by atoms with Crippen LogP contribution in [0.1, 0.15) is 31.5 Å². The Morgan fingerprint density at radius 1 is 1.64 bits per heavy atom. The summed E-state index contributed by atoms with van der Waals surface area (Å²) in [5, 5.41) is 11.9. The highest BCUT2D eigenvalue weighted by Crippen LogP contribution is 2.10. The van der Waals surface area contributed by atoms with Gasteiger partial charge in [0.2, 0.25) is 5.89 Å². The lowest BCUT2D eigenvalue weighted by atomic mass is 10.2. The highest BCUT2D eigenvalue weighted by molar-refractivity contribution is 4.96. The Balaban J connectivity index is 2.75. The van der Waals surface area contributed by atoms with Crippen molar-refractivity contribution in [3.8, 4) is 6.07 Å². The lowest BCUT2D eigenvalue weighted by molar-refractivity contribution is 0.361. The standard InChI is InChI=1S/C7H9N3O/c1-5(2)7-9-6(3-4-8)10-11-7/h5H,3H2,1-2H3. The summed E-state index contributed by atoms with van der Waals surface area (Å²) in [5.41, 5.74) is 0. The van der Waals surface area contributed by atoms with E-state index in [-0.39, 0.29) is 12.3 Å².